The van der Waals surface area contributed by atoms with Crippen molar-refractivity contribution in [2.24, 2.45) is 0 Å². The molecule has 0 fully saturated rings. The Morgan fingerprint density at radius 3 is 2.80 bits per heavy atom. The van der Waals surface area contributed by atoms with Crippen LogP contribution in [-0.2, 0) is 16.0 Å². The Balaban J connectivity index is 1.70. The van der Waals surface area contributed by atoms with Crippen LogP contribution in [0.2, 0.25) is 0 Å². The summed E-state index contributed by atoms with van der Waals surface area (Å²) >= 11 is 0. The van der Waals surface area contributed by atoms with E-state index in [0.717, 1.165) is 29.7 Å². The summed E-state index contributed by atoms with van der Waals surface area (Å²) in [5.74, 6) is -0.287. The molecular weight excluding hydrogens is 258 g/mol. The Labute approximate surface area is 116 Å². The first-order valence-electron chi connectivity index (χ1n) is 6.57. The van der Waals surface area contributed by atoms with Crippen molar-refractivity contribution in [3.05, 3.63) is 30.1 Å². The number of H-pyrrole nitrogens is 1. The van der Waals surface area contributed by atoms with Crippen LogP contribution in [-0.4, -0.2) is 33.5 Å². The number of hydrogen-bond acceptors (Lipinski definition) is 3. The number of aromatic amines is 1. The molecule has 0 spiro atoms. The lowest BCUT2D eigenvalue weighted by atomic mass is 10.2. The number of carbonyl (C=O) groups is 2. The number of para-hydroxylation sites is 2. The van der Waals surface area contributed by atoms with Gasteiger partial charge in [-0.05, 0) is 18.6 Å². The van der Waals surface area contributed by atoms with Crippen LogP contribution in [0.15, 0.2) is 24.3 Å². The molecule has 0 aliphatic carbocycles. The quantitative estimate of drug-likeness (QED) is 0.667. The Morgan fingerprint density at radius 1 is 1.25 bits per heavy atom. The van der Waals surface area contributed by atoms with Crippen LogP contribution in [0.4, 0.5) is 0 Å². The number of hydrogen-bond donors (Lipinski definition) is 3. The lowest BCUT2D eigenvalue weighted by Gasteiger charge is -2.02. The number of carboxylic acid groups (broad SMARTS) is 1. The average Bonchev–Trinajstić information content (AvgIpc) is 2.84. The van der Waals surface area contributed by atoms with Crippen molar-refractivity contribution in [1.82, 2.24) is 15.3 Å². The van der Waals surface area contributed by atoms with Crippen molar-refractivity contribution in [3.63, 3.8) is 0 Å². The molecule has 2 aromatic rings. The zero-order chi connectivity index (χ0) is 14.4. The molecule has 0 unspecified atom stereocenters. The van der Waals surface area contributed by atoms with Crippen molar-refractivity contribution >= 4 is 22.9 Å². The molecule has 1 aromatic heterocycles. The number of carboxylic acids is 1. The number of benzene rings is 1. The molecule has 1 amide bonds. The second kappa shape index (κ2) is 6.70. The molecule has 0 aliphatic heterocycles. The fourth-order valence-electron chi connectivity index (χ4n) is 1.92. The minimum absolute atomic E-state index is 0.0277. The molecule has 0 aliphatic rings. The summed E-state index contributed by atoms with van der Waals surface area (Å²) in [5, 5.41) is 11.2. The van der Waals surface area contributed by atoms with E-state index in [-0.39, 0.29) is 18.7 Å². The van der Waals surface area contributed by atoms with Crippen LogP contribution in [0.25, 0.3) is 11.0 Å². The number of nitrogens with zero attached hydrogens (tertiary/aromatic N) is 1. The number of nitrogens with one attached hydrogen (secondary N) is 2. The Morgan fingerprint density at radius 2 is 2.05 bits per heavy atom. The predicted octanol–water partition coefficient (Wildman–Crippen LogP) is 1.48. The van der Waals surface area contributed by atoms with Gasteiger partial charge in [-0.1, -0.05) is 12.1 Å². The van der Waals surface area contributed by atoms with Crippen molar-refractivity contribution in [3.8, 4) is 0 Å². The first-order chi connectivity index (χ1) is 9.65. The van der Waals surface area contributed by atoms with Crippen molar-refractivity contribution in [2.45, 2.75) is 25.7 Å². The van der Waals surface area contributed by atoms with Crippen molar-refractivity contribution in [2.75, 3.05) is 6.54 Å². The highest BCUT2D eigenvalue weighted by atomic mass is 16.4. The fraction of sp³-hybridized carbons (Fsp3) is 0.357. The van der Waals surface area contributed by atoms with E-state index in [2.05, 4.69) is 15.3 Å². The van der Waals surface area contributed by atoms with E-state index in [1.54, 1.807) is 0 Å². The molecule has 6 heteroatoms. The van der Waals surface area contributed by atoms with Gasteiger partial charge in [0.05, 0.1) is 17.5 Å². The van der Waals surface area contributed by atoms with Crippen molar-refractivity contribution < 1.29 is 14.7 Å². The number of amides is 1. The molecule has 0 saturated carbocycles. The lowest BCUT2D eigenvalue weighted by molar-refractivity contribution is -0.138. The monoisotopic (exact) mass is 275 g/mol. The van der Waals surface area contributed by atoms with Gasteiger partial charge in [-0.15, -0.1) is 0 Å². The molecule has 1 aromatic carbocycles. The van der Waals surface area contributed by atoms with Gasteiger partial charge in [-0.2, -0.15) is 0 Å². The SMILES string of the molecule is O=C(O)CCC(=O)NCCCc1nc2ccccc2[nH]1. The van der Waals surface area contributed by atoms with Gasteiger partial charge in [0.1, 0.15) is 5.82 Å². The maximum atomic E-state index is 11.3. The highest BCUT2D eigenvalue weighted by molar-refractivity contribution is 5.80. The van der Waals surface area contributed by atoms with Gasteiger partial charge in [0, 0.05) is 19.4 Å². The van der Waals surface area contributed by atoms with Gasteiger partial charge >= 0.3 is 5.97 Å². The molecule has 0 radical (unpaired) electrons. The number of fused-ring (bicyclic) bond motifs is 1. The predicted molar refractivity (Wildman–Crippen MR) is 74.3 cm³/mol. The first-order valence-corrected chi connectivity index (χ1v) is 6.57. The Kier molecular flexibility index (Phi) is 4.70. The summed E-state index contributed by atoms with van der Waals surface area (Å²) in [4.78, 5) is 29.3. The molecule has 20 heavy (non-hydrogen) atoms. The van der Waals surface area contributed by atoms with E-state index in [0.29, 0.717) is 6.54 Å². The van der Waals surface area contributed by atoms with Crippen LogP contribution in [0.1, 0.15) is 25.1 Å². The smallest absolute Gasteiger partial charge is 0.303 e. The fourth-order valence-corrected chi connectivity index (χ4v) is 1.92. The van der Waals surface area contributed by atoms with Gasteiger partial charge in [0.2, 0.25) is 5.91 Å². The molecule has 0 saturated heterocycles. The van der Waals surface area contributed by atoms with E-state index < -0.39 is 5.97 Å². The minimum Gasteiger partial charge on any atom is -0.481 e. The number of aliphatic carboxylic acids is 1. The Bertz CT molecular complexity index is 573. The molecule has 3 N–H and O–H groups in total. The third-order valence-corrected chi connectivity index (χ3v) is 2.92. The van der Waals surface area contributed by atoms with Gasteiger partial charge in [0.25, 0.3) is 0 Å². The van der Waals surface area contributed by atoms with E-state index in [1.165, 1.54) is 0 Å². The van der Waals surface area contributed by atoms with E-state index in [4.69, 9.17) is 5.11 Å². The summed E-state index contributed by atoms with van der Waals surface area (Å²) < 4.78 is 0. The maximum absolute atomic E-state index is 11.3. The third kappa shape index (κ3) is 4.08. The van der Waals surface area contributed by atoms with Crippen molar-refractivity contribution in [1.29, 1.82) is 0 Å². The van der Waals surface area contributed by atoms with Crippen LogP contribution in [0, 0.1) is 0 Å². The van der Waals surface area contributed by atoms with Crippen LogP contribution in [0.5, 0.6) is 0 Å². The van der Waals surface area contributed by atoms with Gasteiger partial charge in [0.15, 0.2) is 0 Å². The van der Waals surface area contributed by atoms with Crippen LogP contribution < -0.4 is 5.32 Å². The number of imidazole rings is 1. The summed E-state index contributed by atoms with van der Waals surface area (Å²) in [6, 6.07) is 7.81. The summed E-state index contributed by atoms with van der Waals surface area (Å²) in [6.07, 6.45) is 1.40. The van der Waals surface area contributed by atoms with E-state index in [1.807, 2.05) is 24.3 Å². The first kappa shape index (κ1) is 14.0. The second-order valence-corrected chi connectivity index (χ2v) is 4.55. The number of aryl methyl sites for hydroxylation is 1. The molecule has 6 nitrogen and oxygen atoms in total. The summed E-state index contributed by atoms with van der Waals surface area (Å²) in [7, 11) is 0. The second-order valence-electron chi connectivity index (χ2n) is 4.55. The molecule has 2 rings (SSSR count). The highest BCUT2D eigenvalue weighted by Gasteiger charge is 2.05. The molecule has 106 valence electrons. The Hall–Kier alpha value is -2.37. The van der Waals surface area contributed by atoms with Crippen LogP contribution in [0.3, 0.4) is 0 Å². The maximum Gasteiger partial charge on any atom is 0.303 e. The number of carbonyl (C=O) groups excluding carboxylic acids is 1. The standard InChI is InChI=1S/C14H17N3O3/c18-13(7-8-14(19)20)15-9-3-6-12-16-10-4-1-2-5-11(10)17-12/h1-2,4-5H,3,6-9H2,(H,15,18)(H,16,17)(H,19,20). The number of aromatic nitrogens is 2. The average molecular weight is 275 g/mol. The molecule has 0 atom stereocenters. The van der Waals surface area contributed by atoms with Gasteiger partial charge in [-0.3, -0.25) is 9.59 Å². The van der Waals surface area contributed by atoms with Gasteiger partial charge in [-0.25, -0.2) is 4.98 Å². The zero-order valence-electron chi connectivity index (χ0n) is 11.1. The van der Waals surface area contributed by atoms with Gasteiger partial charge < -0.3 is 15.4 Å². The summed E-state index contributed by atoms with van der Waals surface area (Å²) in [6.45, 7) is 0.523. The zero-order valence-corrected chi connectivity index (χ0v) is 11.1. The highest BCUT2D eigenvalue weighted by Crippen LogP contribution is 2.10. The van der Waals surface area contributed by atoms with Crippen LogP contribution >= 0.6 is 0 Å². The normalized spacial score (nSPS) is 10.6. The number of rotatable bonds is 7. The topological polar surface area (TPSA) is 95.1 Å². The molecular formula is C14H17N3O3. The lowest BCUT2D eigenvalue weighted by Crippen LogP contribution is -2.25. The minimum atomic E-state index is -0.956. The third-order valence-electron chi connectivity index (χ3n) is 2.92. The largest absolute Gasteiger partial charge is 0.481 e. The van der Waals surface area contributed by atoms with E-state index >= 15 is 0 Å². The van der Waals surface area contributed by atoms with E-state index in [9.17, 15) is 9.59 Å². The summed E-state index contributed by atoms with van der Waals surface area (Å²) in [5.41, 5.74) is 1.95. The molecule has 1 heterocycles. The molecule has 0 bridgehead atoms.